The van der Waals surface area contributed by atoms with Crippen LogP contribution in [0.3, 0.4) is 0 Å². The second-order valence-electron chi connectivity index (χ2n) is 26.9. The highest BCUT2D eigenvalue weighted by Gasteiger charge is 2.72. The number of nitrogens with one attached hydrogen (secondary N) is 1. The molecule has 5 aliphatic carbocycles. The Bertz CT molecular complexity index is 2110. The maximum atomic E-state index is 15.7. The summed E-state index contributed by atoms with van der Waals surface area (Å²) in [5.41, 5.74) is -2.78. The molecule has 10 N–H and O–H groups in total. The predicted molar refractivity (Wildman–Crippen MR) is 282 cm³/mol. The lowest BCUT2D eigenvalue weighted by Gasteiger charge is -2.71. The van der Waals surface area contributed by atoms with Crippen molar-refractivity contribution in [3.63, 3.8) is 0 Å². The van der Waals surface area contributed by atoms with Crippen molar-refractivity contribution in [3.05, 3.63) is 11.6 Å². The van der Waals surface area contributed by atoms with Crippen molar-refractivity contribution in [2.75, 3.05) is 13.2 Å². The zero-order valence-corrected chi connectivity index (χ0v) is 47.7. The Labute approximate surface area is 461 Å². The molecule has 4 saturated carbocycles. The Morgan fingerprint density at radius 3 is 2.04 bits per heavy atom. The summed E-state index contributed by atoms with van der Waals surface area (Å²) >= 11 is 0. The average molecular weight is 1110 g/mol. The lowest BCUT2D eigenvalue weighted by atomic mass is 9.33. The minimum Gasteiger partial charge on any atom is -0.432 e. The van der Waals surface area contributed by atoms with Gasteiger partial charge in [0.25, 0.3) is 0 Å². The highest BCUT2D eigenvalue weighted by Crippen LogP contribution is 2.76. The molecule has 3 saturated heterocycles. The van der Waals surface area contributed by atoms with E-state index in [0.717, 1.165) is 56.8 Å². The quantitative estimate of drug-likeness (QED) is 0.0378. The van der Waals surface area contributed by atoms with Gasteiger partial charge in [0, 0.05) is 6.42 Å². The third-order valence-electron chi connectivity index (χ3n) is 21.7. The standard InChI is InChI=1S/C59H97NO18/c1-9-10-11-12-13-14-15-16-17-18-41(66)60-42-36(29-61)75-52(49(44(42)68)77-51-47(71)45(69)48(32(2)74-51)76-50-46(70)43(67)35(63)30-73-50)78-53(72)59-26-25-54(3,4)27-34(59)33-19-20-38-55(5)23-22-39(64)56(6,31-62)37(55)21-24-57(38,7)58(33,8)28-40(59)65/h19,31-32,34-40,42-52,61,63-65,67-71H,9-18,20-30H2,1-8H3,(H,60,66)/t32?,34?,35-,36?,37-,38?,39+,40+,42+,43?,44?,45?,46?,47?,48+,49?,50+,51+,52+,55?,56-,57+,58-,59-/m1/s1. The zero-order valence-electron chi connectivity index (χ0n) is 47.7. The lowest BCUT2D eigenvalue weighted by Crippen LogP contribution is -2.69. The van der Waals surface area contributed by atoms with Gasteiger partial charge in [-0.25, -0.2) is 0 Å². The molecule has 19 heteroatoms. The van der Waals surface area contributed by atoms with Gasteiger partial charge in [-0.2, -0.15) is 0 Å². The van der Waals surface area contributed by atoms with Crippen LogP contribution in [0.15, 0.2) is 11.6 Å². The van der Waals surface area contributed by atoms with E-state index < -0.39 is 139 Å². The molecule has 8 aliphatic rings. The van der Waals surface area contributed by atoms with E-state index in [4.69, 9.17) is 28.4 Å². The van der Waals surface area contributed by atoms with Gasteiger partial charge in [-0.1, -0.05) is 111 Å². The van der Waals surface area contributed by atoms with Crippen molar-refractivity contribution in [1.29, 1.82) is 0 Å². The van der Waals surface area contributed by atoms with Crippen molar-refractivity contribution >= 4 is 18.2 Å². The van der Waals surface area contributed by atoms with Gasteiger partial charge in [0.05, 0.1) is 43.0 Å². The largest absolute Gasteiger partial charge is 0.432 e. The molecule has 3 aliphatic heterocycles. The van der Waals surface area contributed by atoms with Gasteiger partial charge in [-0.05, 0) is 111 Å². The highest BCUT2D eigenvalue weighted by molar-refractivity contribution is 5.80. The van der Waals surface area contributed by atoms with Crippen LogP contribution in [0.5, 0.6) is 0 Å². The van der Waals surface area contributed by atoms with E-state index in [2.05, 4.69) is 52.9 Å². The molecule has 0 aromatic heterocycles. The van der Waals surface area contributed by atoms with Crippen LogP contribution in [0.25, 0.3) is 0 Å². The number of fused-ring (bicyclic) bond motifs is 7. The third kappa shape index (κ3) is 11.1. The summed E-state index contributed by atoms with van der Waals surface area (Å²) in [7, 11) is 0. The van der Waals surface area contributed by atoms with Crippen molar-refractivity contribution < 1.29 is 88.8 Å². The van der Waals surface area contributed by atoms with E-state index in [0.29, 0.717) is 32.1 Å². The molecule has 0 bridgehead atoms. The molecule has 8 rings (SSSR count). The van der Waals surface area contributed by atoms with Gasteiger partial charge in [-0.15, -0.1) is 0 Å². The first-order chi connectivity index (χ1) is 36.8. The fraction of sp³-hybridized carbons (Fsp3) is 0.915. The number of esters is 1. The Morgan fingerprint density at radius 2 is 1.37 bits per heavy atom. The predicted octanol–water partition coefficient (Wildman–Crippen LogP) is 4.00. The first-order valence-electron chi connectivity index (χ1n) is 29.7. The maximum Gasteiger partial charge on any atom is 0.317 e. The van der Waals surface area contributed by atoms with Gasteiger partial charge < -0.3 is 84.5 Å². The molecule has 24 atom stereocenters. The molecule has 1 amide bonds. The van der Waals surface area contributed by atoms with Gasteiger partial charge in [0.1, 0.15) is 60.5 Å². The molecular weight excluding hydrogens is 1010 g/mol. The number of carbonyl (C=O) groups excluding carboxylic acids is 3. The van der Waals surface area contributed by atoms with Gasteiger partial charge in [0.15, 0.2) is 18.7 Å². The average Bonchev–Trinajstić information content (AvgIpc) is 3.23. The van der Waals surface area contributed by atoms with Gasteiger partial charge in [-0.3, -0.25) is 9.59 Å². The fourth-order valence-corrected chi connectivity index (χ4v) is 16.7. The second-order valence-corrected chi connectivity index (χ2v) is 26.9. The van der Waals surface area contributed by atoms with Crippen molar-refractivity contribution in [2.24, 2.45) is 50.2 Å². The molecule has 3 heterocycles. The van der Waals surface area contributed by atoms with Crippen LogP contribution in [-0.2, 0) is 42.8 Å². The maximum absolute atomic E-state index is 15.7. The van der Waals surface area contributed by atoms with Crippen molar-refractivity contribution in [3.8, 4) is 0 Å². The molecule has 0 radical (unpaired) electrons. The summed E-state index contributed by atoms with van der Waals surface area (Å²) in [5.74, 6) is -1.64. The van der Waals surface area contributed by atoms with E-state index in [-0.39, 0.29) is 54.0 Å². The van der Waals surface area contributed by atoms with Crippen LogP contribution in [0.2, 0.25) is 0 Å². The first-order valence-corrected chi connectivity index (χ1v) is 29.7. The van der Waals surface area contributed by atoms with E-state index in [1.807, 2.05) is 6.92 Å². The van der Waals surface area contributed by atoms with E-state index >= 15 is 4.79 Å². The molecule has 7 fully saturated rings. The minimum absolute atomic E-state index is 0.0344. The Morgan fingerprint density at radius 1 is 0.718 bits per heavy atom. The first kappa shape index (κ1) is 61.9. The number of allylic oxidation sites excluding steroid dienone is 2. The summed E-state index contributed by atoms with van der Waals surface area (Å²) in [6.45, 7) is 15.6. The molecule has 0 aromatic rings. The smallest absolute Gasteiger partial charge is 0.317 e. The van der Waals surface area contributed by atoms with Crippen LogP contribution in [0, 0.1) is 50.2 Å². The third-order valence-corrected chi connectivity index (χ3v) is 21.7. The summed E-state index contributed by atoms with van der Waals surface area (Å²) in [4.78, 5) is 42.1. The van der Waals surface area contributed by atoms with Crippen LogP contribution in [-0.4, -0.2) is 175 Å². The minimum atomic E-state index is -1.92. The van der Waals surface area contributed by atoms with E-state index in [1.54, 1.807) is 0 Å². The molecule has 446 valence electrons. The van der Waals surface area contributed by atoms with Crippen LogP contribution < -0.4 is 5.32 Å². The second kappa shape index (κ2) is 24.2. The van der Waals surface area contributed by atoms with Crippen molar-refractivity contribution in [2.45, 2.75) is 276 Å². The number of rotatable bonds is 19. The monoisotopic (exact) mass is 1110 g/mol. The number of aliphatic hydroxyl groups excluding tert-OH is 9. The summed E-state index contributed by atoms with van der Waals surface area (Å²) in [6, 6.07) is -1.32. The zero-order chi connectivity index (χ0) is 56.9. The lowest BCUT2D eigenvalue weighted by molar-refractivity contribution is -0.370. The van der Waals surface area contributed by atoms with E-state index in [1.165, 1.54) is 32.6 Å². The Hall–Kier alpha value is -2.21. The van der Waals surface area contributed by atoms with Crippen molar-refractivity contribution in [1.82, 2.24) is 5.32 Å². The molecular formula is C59H97NO18. The summed E-state index contributed by atoms with van der Waals surface area (Å²) in [6.07, 6.45) is -5.05. The van der Waals surface area contributed by atoms with Crippen LogP contribution >= 0.6 is 0 Å². The summed E-state index contributed by atoms with van der Waals surface area (Å²) < 4.78 is 36.5. The SMILES string of the molecule is CCCCCCCCCCCC(=O)N[C@H]1C(CO)O[C@@H](OC(=O)[C@]23CCC(C)(C)CC2C2=CCC4C5(C)CC[C@H](O)[C@](C)(C=O)[C@@H]5CC[C@]4(C)[C@]2(C)C[C@@H]3O)C(O[C@@H]2OC(C)[C@H](O[C@@H]3OC[C@@H](O)C(O)C3O)C(O)C2O)C1O. The Kier molecular flexibility index (Phi) is 19.2. The number of hydrogen-bond acceptors (Lipinski definition) is 18. The Balaban J connectivity index is 1.06. The summed E-state index contributed by atoms with van der Waals surface area (Å²) in [5, 5.41) is 104. The molecule has 78 heavy (non-hydrogen) atoms. The fourth-order valence-electron chi connectivity index (χ4n) is 16.7. The number of aldehydes is 1. The number of hydrogen-bond donors (Lipinski definition) is 10. The molecule has 0 spiro atoms. The number of carbonyl (C=O) groups is 3. The van der Waals surface area contributed by atoms with Crippen LogP contribution in [0.4, 0.5) is 0 Å². The molecule has 0 aromatic carbocycles. The van der Waals surface area contributed by atoms with Gasteiger partial charge in [0.2, 0.25) is 12.2 Å². The topological polar surface area (TPSA) is 301 Å². The van der Waals surface area contributed by atoms with Gasteiger partial charge >= 0.3 is 5.97 Å². The molecule has 19 nitrogen and oxygen atoms in total. The normalized spacial score (nSPS) is 48.0. The molecule has 11 unspecified atom stereocenters. The number of ether oxygens (including phenoxy) is 6. The highest BCUT2D eigenvalue weighted by atomic mass is 16.8. The van der Waals surface area contributed by atoms with E-state index in [9.17, 15) is 55.5 Å². The number of aliphatic hydroxyl groups is 9. The number of unbranched alkanes of at least 4 members (excludes halogenated alkanes) is 8. The van der Waals surface area contributed by atoms with Crippen LogP contribution in [0.1, 0.15) is 177 Å². The number of amides is 1.